The van der Waals surface area contributed by atoms with Gasteiger partial charge in [0.25, 0.3) is 0 Å². The third-order valence-electron chi connectivity index (χ3n) is 0.611. The largest absolute Gasteiger partial charge is 0.269 e. The predicted molar refractivity (Wildman–Crippen MR) is 563 cm³/mol. The number of halogens is 1. The Morgan fingerprint density at radius 3 is 0.211 bits per heavy atom. The van der Waals surface area contributed by atoms with Crippen molar-refractivity contribution in [3.8, 4) is 0 Å². The molecule has 0 aromatic rings. The molecule has 0 saturated heterocycles. The van der Waals surface area contributed by atoms with Crippen LogP contribution in [0.4, 0.5) is 4.70 Å². The van der Waals surface area contributed by atoms with Crippen LogP contribution >= 0.6 is 0 Å². The third-order valence-corrected chi connectivity index (χ3v) is 49.5. The summed E-state index contributed by atoms with van der Waals surface area (Å²) in [6, 6.07) is 0. The summed E-state index contributed by atoms with van der Waals surface area (Å²) < 4.78 is 130. The van der Waals surface area contributed by atoms with Crippen LogP contribution in [0.2, 0.25) is 0 Å². The van der Waals surface area contributed by atoms with Crippen molar-refractivity contribution < 1.29 is 47.6 Å². The van der Waals surface area contributed by atoms with Crippen LogP contribution in [0.15, 0.2) is 0 Å². The molecule has 35 heteroatoms. The standard InChI is InChI=1S/41CH4.FH.S11.S10.S9.S4.16H2/c;;;;;;;;;;;;;;;;;;;;;;;;;;;;;;;;;;;;;;;;;;1-3-5-7-9-11-10-8-6-4-2;1-3-5-7-9-10-8-6-4-2;1-3-5-7-9-8-6-4-2;1-3-4-2;;;;;;;;;;;;;;;;/h41*1H4;1H;;;;;16*1H/i;;;;;;;;;;;;;;;;;;;;;;;;;;;;;;;;;;;;;;;;;;;;;;13*1+1D;3*1+1. The first-order chi connectivity index (χ1) is 29.7. The van der Waals surface area contributed by atoms with Crippen LogP contribution < -0.4 is 0 Å². The van der Waals surface area contributed by atoms with E-state index in [1.165, 1.54) is 71.0 Å². The highest BCUT2D eigenvalue weighted by molar-refractivity contribution is 8.75. The van der Waals surface area contributed by atoms with Gasteiger partial charge in [-0.25, -0.2) is 0 Å². The minimum absolute atomic E-state index is 0. The lowest BCUT2D eigenvalue weighted by Crippen LogP contribution is -1.37. The minimum atomic E-state index is 0. The van der Waals surface area contributed by atoms with Crippen molar-refractivity contribution in [2.45, 2.75) is 304 Å². The Labute approximate surface area is 663 Å². The zero-order valence-corrected chi connectivity index (χ0v) is 42.0. The van der Waals surface area contributed by atoms with E-state index in [0.717, 1.165) is 0 Å². The Balaban J connectivity index is -0.00000000316. The smallest absolute Gasteiger partial charge is 0 e. The lowest BCUT2D eigenvalue weighted by Gasteiger charge is -1.37. The van der Waals surface area contributed by atoms with Crippen LogP contribution in [0.3, 0.4) is 0 Å². The van der Waals surface area contributed by atoms with Gasteiger partial charge < -0.3 is 0 Å². The van der Waals surface area contributed by atoms with E-state index in [2.05, 4.69) is 89.5 Å². The van der Waals surface area contributed by atoms with Crippen molar-refractivity contribution in [1.29, 1.82) is 0 Å². The van der Waals surface area contributed by atoms with Crippen molar-refractivity contribution in [3.05, 3.63) is 0 Å². The topological polar surface area (TPSA) is 0 Å². The molecule has 0 unspecified atom stereocenters. The first-order valence-corrected chi connectivity index (χ1v) is 45.0. The summed E-state index contributed by atoms with van der Waals surface area (Å²) in [5.41, 5.74) is 0. The highest BCUT2D eigenvalue weighted by Crippen LogP contribution is 1.38. The number of hydrogen-bond acceptors (Lipinski definition) is 8. The van der Waals surface area contributed by atoms with E-state index in [9.17, 15) is 0 Å². The molecule has 0 aliphatic rings. The molecular formula is C41H197FS34. The predicted octanol–water partition coefficient (Wildman–Crippen LogP) is 30.1. The quantitative estimate of drug-likeness (QED) is 0.232. The second-order valence-electron chi connectivity index (χ2n) is 1.77. The Bertz CT molecular complexity index is 1730. The highest BCUT2D eigenvalue weighted by Gasteiger charge is 1.38. The molecule has 0 spiro atoms. The molecule has 0 aliphatic heterocycles. The van der Waals surface area contributed by atoms with E-state index in [-0.39, 0.29) is 313 Å². The lowest BCUT2D eigenvalue weighted by molar-refractivity contribution is 1.11. The Morgan fingerprint density at radius 2 is 0.171 bits per heavy atom. The molecule has 0 nitrogen and oxygen atoms in total. The molecule has 76 heavy (non-hydrogen) atoms. The molecule has 0 heterocycles. The summed E-state index contributed by atoms with van der Waals surface area (Å²) in [6.07, 6.45) is 0. The molecule has 0 radical (unpaired) electrons. The van der Waals surface area contributed by atoms with Crippen LogP contribution in [0.1, 0.15) is 347 Å². The molecule has 0 atom stereocenters. The summed E-state index contributed by atoms with van der Waals surface area (Å²) in [6.45, 7) is 0. The number of hydrogen-bond donors (Lipinski definition) is 0. The lowest BCUT2D eigenvalue weighted by atomic mass is 12.0. The van der Waals surface area contributed by atoms with Gasteiger partial charge in [-0.2, -0.15) is 0 Å². The van der Waals surface area contributed by atoms with Crippen LogP contribution in [0, 0.1) is 0 Å². The maximum Gasteiger partial charge on any atom is 0 e. The fourth-order valence-corrected chi connectivity index (χ4v) is 49.6. The first kappa shape index (κ1) is 223. The molecule has 0 rings (SSSR count). The third kappa shape index (κ3) is 609. The first-order valence-electron chi connectivity index (χ1n) is 18.0. The molecule has 0 fully saturated rings. The maximum atomic E-state index is 5.00. The molecule has 572 valence electrons. The summed E-state index contributed by atoms with van der Waals surface area (Å²) >= 11 is 36.6. The summed E-state index contributed by atoms with van der Waals surface area (Å²) in [7, 11) is 40.4. The van der Waals surface area contributed by atoms with Crippen molar-refractivity contribution in [2.75, 3.05) is 0 Å². The van der Waals surface area contributed by atoms with E-state index in [1.54, 1.807) is 160 Å². The van der Waals surface area contributed by atoms with E-state index in [4.69, 9.17) is 38.6 Å². The Morgan fingerprint density at radius 1 is 0.118 bits per heavy atom. The average Bonchev–Trinajstić information content (AvgIpc) is 3.38. The van der Waals surface area contributed by atoms with Crippen molar-refractivity contribution in [2.24, 2.45) is 0 Å². The molecule has 0 aromatic carbocycles. The SMILES string of the molecule is C.C.C.C.C.C.C.C.C.C.C.C.C.C.C.C.C.C.C.C.C.C.C.C.C.C.C.C.C.C.C.C.C.C.C.C.C.C.C.C.C.F.S=S=S=S.S=S=S=S=S=S=S=S=S.S=S=S=S=S=S=S=S=S=S.S=S=S=S=S=S=S=S=S=S=S.[2HH].[2HH].[2HH].[2H][2H].[2H][2H].[2H][2H].[2H][2H].[2H][2H].[2H][2H].[2H][2H].[2H][2H].[2H][2H].[2H][2H].[2H][2H].[2H][2H].[2H][2H]. The van der Waals surface area contributed by atoms with Crippen molar-refractivity contribution in [3.63, 3.8) is 0 Å². The second-order valence-corrected chi connectivity index (χ2v) is 47.8. The van der Waals surface area contributed by atoms with Crippen LogP contribution in [-0.4, -0.2) is 0 Å². The van der Waals surface area contributed by atoms with Gasteiger partial charge in [0.15, 0.2) is 0 Å². The monoisotopic (exact) mass is 1830 g/mol. The van der Waals surface area contributed by atoms with E-state index in [0.29, 0.717) is 0 Å². The van der Waals surface area contributed by atoms with Gasteiger partial charge in [0.2, 0.25) is 0 Å². The maximum absolute atomic E-state index is 5.00. The molecule has 0 N–H and O–H groups in total. The summed E-state index contributed by atoms with van der Waals surface area (Å²) in [4.78, 5) is 0. The summed E-state index contributed by atoms with van der Waals surface area (Å²) in [5, 5.41) is 0. The molecule has 0 aromatic heterocycles. The fourth-order valence-electron chi connectivity index (χ4n) is 0.204. The van der Waals surface area contributed by atoms with Gasteiger partial charge in [-0.3, -0.25) is 4.70 Å². The Kier molecular flexibility index (Phi) is 1440. The molecule has 0 amide bonds. The molecule has 0 saturated carbocycles. The highest BCUT2D eigenvalue weighted by atomic mass is 33.5. The summed E-state index contributed by atoms with van der Waals surface area (Å²) in [5.74, 6) is 0. The van der Waals surface area contributed by atoms with Gasteiger partial charge in [-0.05, 0) is 0 Å². The van der Waals surface area contributed by atoms with Gasteiger partial charge in [0, 0.05) is 363 Å². The second kappa shape index (κ2) is 489. The van der Waals surface area contributed by atoms with Crippen LogP contribution in [0.25, 0.3) is 0 Å². The van der Waals surface area contributed by atoms with E-state index < -0.39 is 0 Å². The van der Waals surface area contributed by atoms with E-state index in [1.807, 2.05) is 0 Å². The van der Waals surface area contributed by atoms with Crippen LogP contribution in [0.5, 0.6) is 0 Å². The minimum Gasteiger partial charge on any atom is -0.269 e. The van der Waals surface area contributed by atoms with Crippen molar-refractivity contribution >= 4 is 320 Å². The molecule has 0 aliphatic carbocycles. The van der Waals surface area contributed by atoms with Gasteiger partial charge in [0.1, 0.15) is 0 Å². The zero-order chi connectivity index (χ0) is 52.4. The van der Waals surface area contributed by atoms with Crippen molar-refractivity contribution in [1.82, 2.24) is 0 Å². The van der Waals surface area contributed by atoms with Gasteiger partial charge in [-0.15, -0.1) is 0 Å². The van der Waals surface area contributed by atoms with Gasteiger partial charge in [-0.1, -0.05) is 304 Å². The zero-order valence-electron chi connectivity index (χ0n) is 40.3. The normalized spacial score (nSPS) is 4.32. The van der Waals surface area contributed by atoms with Gasteiger partial charge >= 0.3 is 0 Å². The van der Waals surface area contributed by atoms with Crippen LogP contribution in [-0.2, 0) is 320 Å². The molecule has 0 bridgehead atoms. The average molecular weight is 1830 g/mol. The molecular weight excluding hydrogens is 1600 g/mol. The fraction of sp³-hybridized carbons (Fsp3) is 1.00. The number of rotatable bonds is 0. The van der Waals surface area contributed by atoms with Gasteiger partial charge in [0.05, 0.1) is 0 Å². The Hall–Kier alpha value is 7.41. The van der Waals surface area contributed by atoms with E-state index >= 15 is 0 Å².